The number of phenolic OH excluding ortho intramolecular Hbond substituents is 2. The predicted octanol–water partition coefficient (Wildman–Crippen LogP) is 2.61. The van der Waals surface area contributed by atoms with Crippen molar-refractivity contribution in [2.45, 2.75) is 18.9 Å². The Morgan fingerprint density at radius 3 is 1.33 bits per heavy atom. The van der Waals surface area contributed by atoms with Gasteiger partial charge in [0, 0.05) is 5.92 Å². The van der Waals surface area contributed by atoms with Crippen LogP contribution in [0.2, 0.25) is 0 Å². The molecular formula is C15H16O3. The fraction of sp³-hybridized carbons (Fsp3) is 0.200. The van der Waals surface area contributed by atoms with Crippen molar-refractivity contribution in [3.05, 3.63) is 59.7 Å². The molecule has 18 heavy (non-hydrogen) atoms. The third kappa shape index (κ3) is 2.63. The number of aliphatic hydroxyl groups is 1. The number of phenols is 2. The molecule has 3 N–H and O–H groups in total. The summed E-state index contributed by atoms with van der Waals surface area (Å²) in [5, 5.41) is 28.5. The van der Waals surface area contributed by atoms with Crippen molar-refractivity contribution in [3.8, 4) is 11.5 Å². The van der Waals surface area contributed by atoms with E-state index >= 15 is 0 Å². The van der Waals surface area contributed by atoms with Gasteiger partial charge in [-0.05, 0) is 42.3 Å². The van der Waals surface area contributed by atoms with Crippen LogP contribution in [0.25, 0.3) is 0 Å². The van der Waals surface area contributed by atoms with Crippen LogP contribution in [-0.2, 0) is 0 Å². The molecule has 0 fully saturated rings. The van der Waals surface area contributed by atoms with Crippen LogP contribution < -0.4 is 0 Å². The summed E-state index contributed by atoms with van der Waals surface area (Å²) in [7, 11) is 0. The second kappa shape index (κ2) is 5.10. The number of aliphatic hydroxyl groups excluding tert-OH is 1. The molecule has 0 amide bonds. The Labute approximate surface area is 106 Å². The summed E-state index contributed by atoms with van der Waals surface area (Å²) in [4.78, 5) is 0. The molecule has 0 spiro atoms. The van der Waals surface area contributed by atoms with E-state index in [9.17, 15) is 15.3 Å². The Balaban J connectivity index is 2.39. The fourth-order valence-corrected chi connectivity index (χ4v) is 2.11. The van der Waals surface area contributed by atoms with E-state index in [0.717, 1.165) is 11.1 Å². The standard InChI is InChI=1S/C15H16O3/c1-10(16)15(11-2-6-13(17)7-3-11)12-4-8-14(18)9-5-12/h2-10,15-18H,1H3. The monoisotopic (exact) mass is 244 g/mol. The average molecular weight is 244 g/mol. The first-order valence-electron chi connectivity index (χ1n) is 5.84. The van der Waals surface area contributed by atoms with Gasteiger partial charge >= 0.3 is 0 Å². The Kier molecular flexibility index (Phi) is 3.53. The molecule has 2 aromatic carbocycles. The third-order valence-electron chi connectivity index (χ3n) is 2.99. The molecule has 94 valence electrons. The normalized spacial score (nSPS) is 12.6. The maximum atomic E-state index is 9.93. The summed E-state index contributed by atoms with van der Waals surface area (Å²) in [6.45, 7) is 1.73. The molecular weight excluding hydrogens is 228 g/mol. The van der Waals surface area contributed by atoms with Crippen molar-refractivity contribution in [2.75, 3.05) is 0 Å². The first-order chi connectivity index (χ1) is 8.58. The van der Waals surface area contributed by atoms with Gasteiger partial charge in [0.2, 0.25) is 0 Å². The molecule has 0 bridgehead atoms. The Morgan fingerprint density at radius 1 is 0.722 bits per heavy atom. The van der Waals surface area contributed by atoms with Crippen LogP contribution in [0.1, 0.15) is 24.0 Å². The SMILES string of the molecule is CC(O)C(c1ccc(O)cc1)c1ccc(O)cc1. The van der Waals surface area contributed by atoms with Crippen molar-refractivity contribution in [2.24, 2.45) is 0 Å². The molecule has 0 aliphatic rings. The Hall–Kier alpha value is -2.00. The number of hydrogen-bond acceptors (Lipinski definition) is 3. The minimum Gasteiger partial charge on any atom is -0.508 e. The molecule has 0 aromatic heterocycles. The van der Waals surface area contributed by atoms with E-state index < -0.39 is 6.10 Å². The van der Waals surface area contributed by atoms with Gasteiger partial charge in [-0.25, -0.2) is 0 Å². The zero-order valence-electron chi connectivity index (χ0n) is 10.1. The van der Waals surface area contributed by atoms with Gasteiger partial charge in [-0.1, -0.05) is 24.3 Å². The van der Waals surface area contributed by atoms with Gasteiger partial charge in [0.05, 0.1) is 6.10 Å². The van der Waals surface area contributed by atoms with Gasteiger partial charge < -0.3 is 15.3 Å². The smallest absolute Gasteiger partial charge is 0.115 e. The predicted molar refractivity (Wildman–Crippen MR) is 69.7 cm³/mol. The summed E-state index contributed by atoms with van der Waals surface area (Å²) < 4.78 is 0. The Bertz CT molecular complexity index is 455. The van der Waals surface area contributed by atoms with E-state index in [4.69, 9.17) is 0 Å². The van der Waals surface area contributed by atoms with E-state index in [2.05, 4.69) is 0 Å². The van der Waals surface area contributed by atoms with Gasteiger partial charge in [-0.2, -0.15) is 0 Å². The second-order valence-corrected chi connectivity index (χ2v) is 4.40. The van der Waals surface area contributed by atoms with Gasteiger partial charge in [-0.3, -0.25) is 0 Å². The topological polar surface area (TPSA) is 60.7 Å². The largest absolute Gasteiger partial charge is 0.508 e. The maximum absolute atomic E-state index is 9.93. The number of benzene rings is 2. The van der Waals surface area contributed by atoms with Crippen LogP contribution in [0.4, 0.5) is 0 Å². The van der Waals surface area contributed by atoms with Crippen molar-refractivity contribution in [1.29, 1.82) is 0 Å². The van der Waals surface area contributed by atoms with E-state index in [1.807, 2.05) is 0 Å². The van der Waals surface area contributed by atoms with Crippen LogP contribution in [0.15, 0.2) is 48.5 Å². The minimum atomic E-state index is -0.556. The summed E-state index contributed by atoms with van der Waals surface area (Å²) in [6, 6.07) is 13.6. The lowest BCUT2D eigenvalue weighted by Crippen LogP contribution is -2.15. The van der Waals surface area contributed by atoms with Crippen molar-refractivity contribution < 1.29 is 15.3 Å². The molecule has 0 saturated carbocycles. The van der Waals surface area contributed by atoms with Crippen LogP contribution in [0, 0.1) is 0 Å². The number of rotatable bonds is 3. The van der Waals surface area contributed by atoms with Crippen LogP contribution in [-0.4, -0.2) is 21.4 Å². The fourth-order valence-electron chi connectivity index (χ4n) is 2.11. The maximum Gasteiger partial charge on any atom is 0.115 e. The highest BCUT2D eigenvalue weighted by molar-refractivity contribution is 5.38. The summed E-state index contributed by atoms with van der Waals surface area (Å²) >= 11 is 0. The minimum absolute atomic E-state index is 0.175. The van der Waals surface area contributed by atoms with Crippen molar-refractivity contribution in [3.63, 3.8) is 0 Å². The van der Waals surface area contributed by atoms with Crippen LogP contribution >= 0.6 is 0 Å². The molecule has 3 nitrogen and oxygen atoms in total. The van der Waals surface area contributed by atoms with Gasteiger partial charge in [0.25, 0.3) is 0 Å². The van der Waals surface area contributed by atoms with Gasteiger partial charge in [0.1, 0.15) is 11.5 Å². The van der Waals surface area contributed by atoms with E-state index in [1.54, 1.807) is 55.5 Å². The lowest BCUT2D eigenvalue weighted by Gasteiger charge is -2.21. The molecule has 0 saturated heterocycles. The number of aromatic hydroxyl groups is 2. The van der Waals surface area contributed by atoms with Crippen LogP contribution in [0.3, 0.4) is 0 Å². The first-order valence-corrected chi connectivity index (χ1v) is 5.84. The van der Waals surface area contributed by atoms with E-state index in [0.29, 0.717) is 0 Å². The Morgan fingerprint density at radius 2 is 1.06 bits per heavy atom. The summed E-state index contributed by atoms with van der Waals surface area (Å²) in [5.74, 6) is 0.230. The average Bonchev–Trinajstić information content (AvgIpc) is 2.34. The van der Waals surface area contributed by atoms with E-state index in [-0.39, 0.29) is 17.4 Å². The van der Waals surface area contributed by atoms with Gasteiger partial charge in [-0.15, -0.1) is 0 Å². The molecule has 2 rings (SSSR count). The zero-order chi connectivity index (χ0) is 13.1. The first kappa shape index (κ1) is 12.5. The third-order valence-corrected chi connectivity index (χ3v) is 2.99. The quantitative estimate of drug-likeness (QED) is 0.777. The molecule has 2 aromatic rings. The summed E-state index contributed by atoms with van der Waals surface area (Å²) in [6.07, 6.45) is -0.556. The molecule has 0 radical (unpaired) electrons. The highest BCUT2D eigenvalue weighted by Gasteiger charge is 2.19. The van der Waals surface area contributed by atoms with E-state index in [1.165, 1.54) is 0 Å². The zero-order valence-corrected chi connectivity index (χ0v) is 10.1. The molecule has 1 unspecified atom stereocenters. The molecule has 1 atom stereocenters. The highest BCUT2D eigenvalue weighted by atomic mass is 16.3. The molecule has 3 heteroatoms. The van der Waals surface area contributed by atoms with Gasteiger partial charge in [0.15, 0.2) is 0 Å². The highest BCUT2D eigenvalue weighted by Crippen LogP contribution is 2.30. The number of hydrogen-bond donors (Lipinski definition) is 3. The van der Waals surface area contributed by atoms with Crippen molar-refractivity contribution in [1.82, 2.24) is 0 Å². The molecule has 0 heterocycles. The molecule has 0 aliphatic heterocycles. The molecule has 0 aliphatic carbocycles. The van der Waals surface area contributed by atoms with Crippen molar-refractivity contribution >= 4 is 0 Å². The van der Waals surface area contributed by atoms with Crippen LogP contribution in [0.5, 0.6) is 11.5 Å². The lowest BCUT2D eigenvalue weighted by atomic mass is 9.87. The lowest BCUT2D eigenvalue weighted by molar-refractivity contribution is 0.176. The summed E-state index contributed by atoms with van der Waals surface area (Å²) in [5.41, 5.74) is 1.85. The second-order valence-electron chi connectivity index (χ2n) is 4.40.